The summed E-state index contributed by atoms with van der Waals surface area (Å²) in [6, 6.07) is 18.5. The van der Waals surface area contributed by atoms with Gasteiger partial charge in [0.1, 0.15) is 11.5 Å². The Bertz CT molecular complexity index is 1150. The van der Waals surface area contributed by atoms with Crippen molar-refractivity contribution in [1.29, 1.82) is 0 Å². The van der Waals surface area contributed by atoms with E-state index in [2.05, 4.69) is 5.32 Å². The molecule has 3 aromatic rings. The van der Waals surface area contributed by atoms with Gasteiger partial charge >= 0.3 is 0 Å². The van der Waals surface area contributed by atoms with Crippen LogP contribution in [-0.2, 0) is 9.53 Å². The van der Waals surface area contributed by atoms with Crippen molar-refractivity contribution in [3.8, 4) is 11.5 Å². The SMILES string of the molecule is COc1ccccc1NC(=O)c1cc2ccccc2cc1OCC(=O)N1CC(C)OC(C)C1. The molecule has 0 radical (unpaired) electrons. The Morgan fingerprint density at radius 2 is 1.61 bits per heavy atom. The van der Waals surface area contributed by atoms with Crippen molar-refractivity contribution in [2.45, 2.75) is 26.1 Å². The predicted molar refractivity (Wildman–Crippen MR) is 127 cm³/mol. The van der Waals surface area contributed by atoms with Gasteiger partial charge in [0.25, 0.3) is 11.8 Å². The standard InChI is InChI=1S/C26H28N2O5/c1-17-14-28(15-18(2)33-17)25(29)16-32-24-13-20-9-5-4-8-19(20)12-21(24)26(30)27-22-10-6-7-11-23(22)31-3/h4-13,17-18H,14-16H2,1-3H3,(H,27,30). The number of anilines is 1. The highest BCUT2D eigenvalue weighted by molar-refractivity contribution is 6.09. The number of para-hydroxylation sites is 2. The number of nitrogens with zero attached hydrogens (tertiary/aromatic N) is 1. The lowest BCUT2D eigenvalue weighted by Crippen LogP contribution is -2.49. The molecule has 2 atom stereocenters. The van der Waals surface area contributed by atoms with Crippen LogP contribution in [0.3, 0.4) is 0 Å². The maximum Gasteiger partial charge on any atom is 0.260 e. The molecule has 0 saturated carbocycles. The molecule has 2 unspecified atom stereocenters. The highest BCUT2D eigenvalue weighted by Crippen LogP contribution is 2.29. The second-order valence-electron chi connectivity index (χ2n) is 8.19. The number of hydrogen-bond donors (Lipinski definition) is 1. The Hall–Kier alpha value is -3.58. The van der Waals surface area contributed by atoms with E-state index in [4.69, 9.17) is 14.2 Å². The van der Waals surface area contributed by atoms with E-state index in [9.17, 15) is 9.59 Å². The molecule has 0 bridgehead atoms. The number of nitrogens with one attached hydrogen (secondary N) is 1. The van der Waals surface area contributed by atoms with E-state index < -0.39 is 0 Å². The lowest BCUT2D eigenvalue weighted by molar-refractivity contribution is -0.145. The van der Waals surface area contributed by atoms with Crippen LogP contribution < -0.4 is 14.8 Å². The predicted octanol–water partition coefficient (Wildman–Crippen LogP) is 4.12. The van der Waals surface area contributed by atoms with E-state index in [0.29, 0.717) is 35.8 Å². The normalized spacial score (nSPS) is 18.1. The monoisotopic (exact) mass is 448 g/mol. The first-order valence-corrected chi connectivity index (χ1v) is 11.0. The highest BCUT2D eigenvalue weighted by Gasteiger charge is 2.26. The van der Waals surface area contributed by atoms with Crippen molar-refractivity contribution < 1.29 is 23.8 Å². The van der Waals surface area contributed by atoms with Crippen LogP contribution in [0.25, 0.3) is 10.8 Å². The first kappa shape index (κ1) is 22.6. The van der Waals surface area contributed by atoms with E-state index in [1.165, 1.54) is 0 Å². The molecule has 1 aliphatic heterocycles. The van der Waals surface area contributed by atoms with E-state index in [1.54, 1.807) is 36.3 Å². The number of amides is 2. The number of methoxy groups -OCH3 is 1. The zero-order valence-electron chi connectivity index (χ0n) is 19.0. The molecule has 2 amide bonds. The topological polar surface area (TPSA) is 77.1 Å². The third kappa shape index (κ3) is 5.26. The summed E-state index contributed by atoms with van der Waals surface area (Å²) in [5.74, 6) is 0.422. The molecule has 1 aliphatic rings. The maximum atomic E-state index is 13.2. The quantitative estimate of drug-likeness (QED) is 0.614. The smallest absolute Gasteiger partial charge is 0.260 e. The van der Waals surface area contributed by atoms with Gasteiger partial charge in [-0.3, -0.25) is 9.59 Å². The van der Waals surface area contributed by atoms with Gasteiger partial charge in [-0.2, -0.15) is 0 Å². The molecule has 7 heteroatoms. The van der Waals surface area contributed by atoms with Crippen molar-refractivity contribution in [2.75, 3.05) is 32.1 Å². The number of hydrogen-bond acceptors (Lipinski definition) is 5. The molecule has 0 aromatic heterocycles. The molecule has 0 spiro atoms. The Kier molecular flexibility index (Phi) is 6.79. The van der Waals surface area contributed by atoms with Crippen molar-refractivity contribution in [1.82, 2.24) is 4.90 Å². The van der Waals surface area contributed by atoms with Gasteiger partial charge in [-0.1, -0.05) is 36.4 Å². The van der Waals surface area contributed by atoms with Crippen LogP contribution in [0, 0.1) is 0 Å². The minimum atomic E-state index is -0.346. The first-order chi connectivity index (χ1) is 15.9. The Morgan fingerprint density at radius 3 is 2.30 bits per heavy atom. The van der Waals surface area contributed by atoms with Gasteiger partial charge in [-0.25, -0.2) is 0 Å². The minimum Gasteiger partial charge on any atom is -0.495 e. The van der Waals surface area contributed by atoms with Gasteiger partial charge in [0.15, 0.2) is 6.61 Å². The van der Waals surface area contributed by atoms with Gasteiger partial charge < -0.3 is 24.4 Å². The molecule has 1 heterocycles. The summed E-state index contributed by atoms with van der Waals surface area (Å²) in [7, 11) is 1.55. The summed E-state index contributed by atoms with van der Waals surface area (Å²) in [5.41, 5.74) is 0.896. The number of rotatable bonds is 6. The summed E-state index contributed by atoms with van der Waals surface area (Å²) in [6.07, 6.45) is -0.0545. The van der Waals surface area contributed by atoms with E-state index in [1.807, 2.05) is 50.2 Å². The number of ether oxygens (including phenoxy) is 3. The summed E-state index contributed by atoms with van der Waals surface area (Å²) < 4.78 is 17.0. The lowest BCUT2D eigenvalue weighted by Gasteiger charge is -2.35. The van der Waals surface area contributed by atoms with E-state index in [-0.39, 0.29) is 30.6 Å². The number of benzene rings is 3. The molecule has 3 aromatic carbocycles. The third-order valence-electron chi connectivity index (χ3n) is 5.57. The van der Waals surface area contributed by atoms with Crippen LogP contribution in [0.4, 0.5) is 5.69 Å². The molecular formula is C26H28N2O5. The number of fused-ring (bicyclic) bond motifs is 1. The zero-order valence-corrected chi connectivity index (χ0v) is 19.0. The number of morpholine rings is 1. The molecule has 33 heavy (non-hydrogen) atoms. The maximum absolute atomic E-state index is 13.2. The van der Waals surface area contributed by atoms with Crippen LogP contribution in [0.15, 0.2) is 60.7 Å². The fraction of sp³-hybridized carbons (Fsp3) is 0.308. The molecule has 4 rings (SSSR count). The van der Waals surface area contributed by atoms with Crippen LogP contribution in [0.1, 0.15) is 24.2 Å². The van der Waals surface area contributed by atoms with Crippen molar-refractivity contribution in [3.63, 3.8) is 0 Å². The Labute approximate surface area is 193 Å². The minimum absolute atomic E-state index is 0.0273. The summed E-state index contributed by atoms with van der Waals surface area (Å²) in [5, 5.41) is 4.71. The van der Waals surface area contributed by atoms with Gasteiger partial charge in [0.05, 0.1) is 30.6 Å². The fourth-order valence-electron chi connectivity index (χ4n) is 4.07. The molecule has 1 N–H and O–H groups in total. The van der Waals surface area contributed by atoms with E-state index >= 15 is 0 Å². The fourth-order valence-corrected chi connectivity index (χ4v) is 4.07. The van der Waals surface area contributed by atoms with Crippen LogP contribution in [0.2, 0.25) is 0 Å². The summed E-state index contributed by atoms with van der Waals surface area (Å²) in [4.78, 5) is 27.8. The zero-order chi connectivity index (χ0) is 23.4. The third-order valence-corrected chi connectivity index (χ3v) is 5.57. The molecular weight excluding hydrogens is 420 g/mol. The Morgan fingerprint density at radius 1 is 0.970 bits per heavy atom. The molecule has 1 saturated heterocycles. The number of carbonyl (C=O) groups is 2. The van der Waals surface area contributed by atoms with E-state index in [0.717, 1.165) is 10.8 Å². The average Bonchev–Trinajstić information content (AvgIpc) is 2.81. The van der Waals surface area contributed by atoms with Crippen LogP contribution in [0.5, 0.6) is 11.5 Å². The van der Waals surface area contributed by atoms with Crippen molar-refractivity contribution >= 4 is 28.3 Å². The summed E-state index contributed by atoms with van der Waals surface area (Å²) >= 11 is 0. The molecule has 7 nitrogen and oxygen atoms in total. The van der Waals surface area contributed by atoms with Crippen LogP contribution >= 0.6 is 0 Å². The number of carbonyl (C=O) groups excluding carboxylic acids is 2. The molecule has 0 aliphatic carbocycles. The second-order valence-corrected chi connectivity index (χ2v) is 8.19. The molecule has 172 valence electrons. The van der Waals surface area contributed by atoms with Gasteiger partial charge in [-0.15, -0.1) is 0 Å². The van der Waals surface area contributed by atoms with Gasteiger partial charge in [0.2, 0.25) is 0 Å². The second kappa shape index (κ2) is 9.92. The van der Waals surface area contributed by atoms with Gasteiger partial charge in [0, 0.05) is 13.1 Å². The lowest BCUT2D eigenvalue weighted by atomic mass is 10.1. The average molecular weight is 449 g/mol. The van der Waals surface area contributed by atoms with Crippen molar-refractivity contribution in [3.05, 3.63) is 66.2 Å². The first-order valence-electron chi connectivity index (χ1n) is 11.0. The largest absolute Gasteiger partial charge is 0.495 e. The summed E-state index contributed by atoms with van der Waals surface area (Å²) in [6.45, 7) is 4.77. The molecule has 1 fully saturated rings. The highest BCUT2D eigenvalue weighted by atomic mass is 16.5. The van der Waals surface area contributed by atoms with Crippen LogP contribution in [-0.4, -0.2) is 55.7 Å². The van der Waals surface area contributed by atoms with Crippen molar-refractivity contribution in [2.24, 2.45) is 0 Å². The Balaban J connectivity index is 1.58. The van der Waals surface area contributed by atoms with Gasteiger partial charge in [-0.05, 0) is 48.9 Å².